The van der Waals surface area contributed by atoms with Gasteiger partial charge in [0.05, 0.1) is 23.5 Å². The Morgan fingerprint density at radius 2 is 2.03 bits per heavy atom. The minimum Gasteiger partial charge on any atom is -0.330 e. The normalized spacial score (nSPS) is 17.1. The fraction of sp³-hybridized carbons (Fsp3) is 0.381. The van der Waals surface area contributed by atoms with Gasteiger partial charge in [-0.1, -0.05) is 29.8 Å². The molecule has 3 heterocycles. The standard InChI is InChI=1S/C21H22ClF2N5O2/c22-15-4-1-2-5-16(15)26-21(31)17-10-25-18-13-28(8-9-29(17)18)19(30)6-3-7-27-11-14(12-27)20(23)24/h1-6,10,14,20H,7-9,11-13H2,(H,26,31)/b6-3+. The molecular formula is C21H22ClF2N5O2. The second kappa shape index (κ2) is 9.15. The van der Waals surface area contributed by atoms with E-state index in [1.807, 2.05) is 4.90 Å². The molecular weight excluding hydrogens is 428 g/mol. The van der Waals surface area contributed by atoms with Gasteiger partial charge in [-0.05, 0) is 12.1 Å². The predicted molar refractivity (Wildman–Crippen MR) is 112 cm³/mol. The third-order valence-electron chi connectivity index (χ3n) is 5.50. The highest BCUT2D eigenvalue weighted by Gasteiger charge is 2.33. The molecule has 0 aliphatic carbocycles. The Hall–Kier alpha value is -2.78. The number of benzene rings is 1. The van der Waals surface area contributed by atoms with E-state index in [-0.39, 0.29) is 11.8 Å². The third kappa shape index (κ3) is 4.77. The predicted octanol–water partition coefficient (Wildman–Crippen LogP) is 2.88. The molecule has 10 heteroatoms. The number of rotatable bonds is 6. The Labute approximate surface area is 183 Å². The van der Waals surface area contributed by atoms with Gasteiger partial charge < -0.3 is 14.8 Å². The summed E-state index contributed by atoms with van der Waals surface area (Å²) in [6, 6.07) is 6.97. The van der Waals surface area contributed by atoms with Crippen LogP contribution in [0.4, 0.5) is 14.5 Å². The van der Waals surface area contributed by atoms with Crippen molar-refractivity contribution < 1.29 is 18.4 Å². The molecule has 2 amide bonds. The number of carbonyl (C=O) groups excluding carboxylic acids is 2. The lowest BCUT2D eigenvalue weighted by Crippen LogP contribution is -2.49. The van der Waals surface area contributed by atoms with Crippen LogP contribution in [0.3, 0.4) is 0 Å². The molecule has 1 N–H and O–H groups in total. The first-order valence-electron chi connectivity index (χ1n) is 9.98. The Kier molecular flexibility index (Phi) is 6.33. The van der Waals surface area contributed by atoms with E-state index in [4.69, 9.17) is 11.6 Å². The number of nitrogens with zero attached hydrogens (tertiary/aromatic N) is 4. The number of likely N-dealkylation sites (tertiary alicyclic amines) is 1. The molecule has 1 fully saturated rings. The monoisotopic (exact) mass is 449 g/mol. The summed E-state index contributed by atoms with van der Waals surface area (Å²) >= 11 is 6.10. The van der Waals surface area contributed by atoms with Crippen LogP contribution in [0.2, 0.25) is 5.02 Å². The average molecular weight is 450 g/mol. The Morgan fingerprint density at radius 1 is 1.26 bits per heavy atom. The van der Waals surface area contributed by atoms with Gasteiger partial charge in [-0.25, -0.2) is 13.8 Å². The fourth-order valence-electron chi connectivity index (χ4n) is 3.70. The summed E-state index contributed by atoms with van der Waals surface area (Å²) < 4.78 is 26.8. The summed E-state index contributed by atoms with van der Waals surface area (Å²) in [5.74, 6) is -0.417. The van der Waals surface area contributed by atoms with Crippen molar-refractivity contribution in [3.63, 3.8) is 0 Å². The van der Waals surface area contributed by atoms with Gasteiger partial charge >= 0.3 is 0 Å². The third-order valence-corrected chi connectivity index (χ3v) is 5.83. The van der Waals surface area contributed by atoms with Gasteiger partial charge in [-0.3, -0.25) is 14.5 Å². The molecule has 7 nitrogen and oxygen atoms in total. The van der Waals surface area contributed by atoms with Gasteiger partial charge in [-0.15, -0.1) is 0 Å². The molecule has 0 spiro atoms. The van der Waals surface area contributed by atoms with Gasteiger partial charge in [0.25, 0.3) is 5.91 Å². The lowest BCUT2D eigenvalue weighted by molar-refractivity contribution is -0.127. The maximum atomic E-state index is 12.6. The number of imidazole rings is 1. The molecule has 2 aliphatic rings. The number of anilines is 1. The highest BCUT2D eigenvalue weighted by molar-refractivity contribution is 6.33. The van der Waals surface area contributed by atoms with Crippen LogP contribution < -0.4 is 5.32 Å². The van der Waals surface area contributed by atoms with Crippen molar-refractivity contribution in [2.75, 3.05) is 31.5 Å². The van der Waals surface area contributed by atoms with Crippen LogP contribution in [0.1, 0.15) is 16.3 Å². The minimum absolute atomic E-state index is 0.165. The molecule has 0 bridgehead atoms. The van der Waals surface area contributed by atoms with Crippen LogP contribution in [0.5, 0.6) is 0 Å². The number of hydrogen-bond acceptors (Lipinski definition) is 4. The first-order valence-corrected chi connectivity index (χ1v) is 10.4. The molecule has 1 aromatic heterocycles. The van der Waals surface area contributed by atoms with Crippen molar-refractivity contribution in [1.82, 2.24) is 19.4 Å². The second-order valence-electron chi connectivity index (χ2n) is 7.62. The van der Waals surface area contributed by atoms with Gasteiger partial charge in [0.2, 0.25) is 12.3 Å². The van der Waals surface area contributed by atoms with E-state index in [1.54, 1.807) is 39.8 Å². The number of hydrogen-bond donors (Lipinski definition) is 1. The number of para-hydroxylation sites is 1. The summed E-state index contributed by atoms with van der Waals surface area (Å²) in [5.41, 5.74) is 0.925. The molecule has 164 valence electrons. The fourth-order valence-corrected chi connectivity index (χ4v) is 3.89. The summed E-state index contributed by atoms with van der Waals surface area (Å²) in [5, 5.41) is 3.23. The first kappa shape index (κ1) is 21.5. The zero-order valence-corrected chi connectivity index (χ0v) is 17.4. The smallest absolute Gasteiger partial charge is 0.273 e. The van der Waals surface area contributed by atoms with E-state index in [1.165, 1.54) is 12.3 Å². The van der Waals surface area contributed by atoms with Crippen LogP contribution in [0.15, 0.2) is 42.6 Å². The lowest BCUT2D eigenvalue weighted by Gasteiger charge is -2.37. The number of fused-ring (bicyclic) bond motifs is 1. The number of carbonyl (C=O) groups is 2. The van der Waals surface area contributed by atoms with Crippen LogP contribution in [0.25, 0.3) is 0 Å². The van der Waals surface area contributed by atoms with Gasteiger partial charge in [0.1, 0.15) is 11.5 Å². The van der Waals surface area contributed by atoms with Crippen molar-refractivity contribution in [2.24, 2.45) is 5.92 Å². The molecule has 4 rings (SSSR count). The molecule has 2 aromatic rings. The number of amides is 2. The van der Waals surface area contributed by atoms with Crippen molar-refractivity contribution in [3.8, 4) is 0 Å². The maximum absolute atomic E-state index is 12.6. The first-order chi connectivity index (χ1) is 14.9. The van der Waals surface area contributed by atoms with Crippen molar-refractivity contribution in [3.05, 3.63) is 59.2 Å². The van der Waals surface area contributed by atoms with Gasteiger partial charge in [0.15, 0.2) is 0 Å². The highest BCUT2D eigenvalue weighted by atomic mass is 35.5. The zero-order chi connectivity index (χ0) is 22.0. The summed E-state index contributed by atoms with van der Waals surface area (Å²) in [6.45, 7) is 2.37. The topological polar surface area (TPSA) is 70.5 Å². The number of aromatic nitrogens is 2. The molecule has 1 aromatic carbocycles. The van der Waals surface area contributed by atoms with E-state index in [0.717, 1.165) is 0 Å². The van der Waals surface area contributed by atoms with Crippen LogP contribution >= 0.6 is 11.6 Å². The number of alkyl halides is 2. The molecule has 2 aliphatic heterocycles. The number of halogens is 3. The molecule has 0 saturated carbocycles. The highest BCUT2D eigenvalue weighted by Crippen LogP contribution is 2.23. The molecule has 1 saturated heterocycles. The second-order valence-corrected chi connectivity index (χ2v) is 8.03. The van der Waals surface area contributed by atoms with E-state index >= 15 is 0 Å². The minimum atomic E-state index is -2.28. The van der Waals surface area contributed by atoms with E-state index in [0.29, 0.717) is 61.5 Å². The molecule has 0 unspecified atom stereocenters. The van der Waals surface area contributed by atoms with Crippen molar-refractivity contribution >= 4 is 29.1 Å². The van der Waals surface area contributed by atoms with E-state index in [2.05, 4.69) is 10.3 Å². The van der Waals surface area contributed by atoms with Gasteiger partial charge in [-0.2, -0.15) is 0 Å². The van der Waals surface area contributed by atoms with Crippen LogP contribution in [0, 0.1) is 5.92 Å². The van der Waals surface area contributed by atoms with Crippen LogP contribution in [-0.2, 0) is 17.9 Å². The average Bonchev–Trinajstić information content (AvgIpc) is 3.14. The SMILES string of the molecule is O=C(Nc1ccccc1Cl)c1cnc2n1CCN(C(=O)/C=C/CN1CC(C(F)F)C1)C2. The van der Waals surface area contributed by atoms with E-state index < -0.39 is 12.3 Å². The van der Waals surface area contributed by atoms with E-state index in [9.17, 15) is 18.4 Å². The van der Waals surface area contributed by atoms with Gasteiger partial charge in [0, 0.05) is 44.7 Å². The molecule has 31 heavy (non-hydrogen) atoms. The Morgan fingerprint density at radius 3 is 2.77 bits per heavy atom. The lowest BCUT2D eigenvalue weighted by atomic mass is 10.0. The quantitative estimate of drug-likeness (QED) is 0.688. The molecule has 0 atom stereocenters. The summed E-state index contributed by atoms with van der Waals surface area (Å²) in [4.78, 5) is 32.9. The van der Waals surface area contributed by atoms with Crippen LogP contribution in [-0.4, -0.2) is 63.8 Å². The number of nitrogens with one attached hydrogen (secondary N) is 1. The summed E-state index contributed by atoms with van der Waals surface area (Å²) in [7, 11) is 0. The zero-order valence-electron chi connectivity index (χ0n) is 16.7. The Bertz CT molecular complexity index is 1000. The van der Waals surface area contributed by atoms with Crippen molar-refractivity contribution in [2.45, 2.75) is 19.5 Å². The summed E-state index contributed by atoms with van der Waals surface area (Å²) in [6.07, 6.45) is 2.39. The maximum Gasteiger partial charge on any atom is 0.273 e. The van der Waals surface area contributed by atoms with Crippen molar-refractivity contribution in [1.29, 1.82) is 0 Å². The Balaban J connectivity index is 1.32. The molecule has 0 radical (unpaired) electrons. The largest absolute Gasteiger partial charge is 0.330 e.